The number of rotatable bonds is 9. The highest BCUT2D eigenvalue weighted by atomic mass is 32.1. The average molecular weight is 450 g/mol. The molecule has 5 nitrogen and oxygen atoms in total. The fourth-order valence-electron chi connectivity index (χ4n) is 4.85. The summed E-state index contributed by atoms with van der Waals surface area (Å²) in [5.41, 5.74) is 1.35. The van der Waals surface area contributed by atoms with Crippen LogP contribution >= 0.6 is 11.3 Å². The minimum atomic E-state index is -0.402. The van der Waals surface area contributed by atoms with Gasteiger partial charge in [0, 0.05) is 43.3 Å². The first-order valence-electron chi connectivity index (χ1n) is 11.6. The molecule has 1 aliphatic heterocycles. The summed E-state index contributed by atoms with van der Waals surface area (Å²) in [7, 11) is 2.11. The largest absolute Gasteiger partial charge is 0.359 e. The minimum absolute atomic E-state index is 0.221. The lowest BCUT2D eigenvalue weighted by Gasteiger charge is -2.44. The molecule has 1 aromatic carbocycles. The molecule has 2 aromatic rings. The van der Waals surface area contributed by atoms with Gasteiger partial charge < -0.3 is 10.2 Å². The first-order chi connectivity index (χ1) is 15.4. The van der Waals surface area contributed by atoms with Crippen molar-refractivity contribution in [3.63, 3.8) is 0 Å². The summed E-state index contributed by atoms with van der Waals surface area (Å²) in [5, 5.41) is 25.0. The van der Waals surface area contributed by atoms with Gasteiger partial charge in [-0.25, -0.2) is 0 Å². The van der Waals surface area contributed by atoms with Crippen LogP contribution in [-0.2, 0) is 5.41 Å². The summed E-state index contributed by atoms with van der Waals surface area (Å²) in [5.74, 6) is 0.282. The van der Waals surface area contributed by atoms with E-state index in [2.05, 4.69) is 78.7 Å². The van der Waals surface area contributed by atoms with Crippen LogP contribution in [0.1, 0.15) is 50.5 Å². The summed E-state index contributed by atoms with van der Waals surface area (Å²) in [6.45, 7) is 9.53. The van der Waals surface area contributed by atoms with Crippen molar-refractivity contribution >= 4 is 17.0 Å². The van der Waals surface area contributed by atoms with E-state index in [4.69, 9.17) is 0 Å². The lowest BCUT2D eigenvalue weighted by molar-refractivity contribution is 0.105. The van der Waals surface area contributed by atoms with Crippen LogP contribution in [-0.4, -0.2) is 43.8 Å². The summed E-state index contributed by atoms with van der Waals surface area (Å²) >= 11 is 1.70. The Morgan fingerprint density at radius 3 is 2.72 bits per heavy atom. The zero-order valence-corrected chi connectivity index (χ0v) is 20.5. The Labute approximate surface area is 197 Å². The Bertz CT molecular complexity index is 942. The fraction of sp³-hybridized carbons (Fsp3) is 0.538. The summed E-state index contributed by atoms with van der Waals surface area (Å²) in [6, 6.07) is 17.3. The average Bonchev–Trinajstić information content (AvgIpc) is 3.36. The molecule has 6 heteroatoms. The maximum absolute atomic E-state index is 10.1. The first kappa shape index (κ1) is 24.3. The zero-order valence-electron chi connectivity index (χ0n) is 19.7. The minimum Gasteiger partial charge on any atom is -0.359 e. The van der Waals surface area contributed by atoms with Gasteiger partial charge >= 0.3 is 0 Å². The molecular formula is C26H35N5S. The Hall–Kier alpha value is -2.38. The molecule has 3 unspecified atom stereocenters. The number of nitrogens with one attached hydrogen (secondary N) is 1. The zero-order chi connectivity index (χ0) is 23.1. The number of nitrogens with zero attached hydrogens (tertiary/aromatic N) is 4. The van der Waals surface area contributed by atoms with Gasteiger partial charge in [-0.2, -0.15) is 10.5 Å². The van der Waals surface area contributed by atoms with E-state index in [9.17, 15) is 10.5 Å². The second kappa shape index (κ2) is 11.0. The quantitative estimate of drug-likeness (QED) is 0.586. The van der Waals surface area contributed by atoms with E-state index >= 15 is 0 Å². The molecule has 0 spiro atoms. The fourth-order valence-corrected chi connectivity index (χ4v) is 5.91. The first-order valence-corrected chi connectivity index (χ1v) is 12.5. The number of nitriles is 2. The van der Waals surface area contributed by atoms with E-state index in [-0.39, 0.29) is 12.1 Å². The van der Waals surface area contributed by atoms with E-state index in [1.54, 1.807) is 11.3 Å². The van der Waals surface area contributed by atoms with Crippen LogP contribution in [0.3, 0.4) is 0 Å². The number of thiophene rings is 1. The second-order valence-corrected chi connectivity index (χ2v) is 10.1. The second-order valence-electron chi connectivity index (χ2n) is 9.11. The molecule has 3 atom stereocenters. The molecule has 0 saturated carbocycles. The SMILES string of the molecule is CC(N(C)c1cccc(C#N)c1)N1CCNCC1CCCC(C#N)(c1cccs1)C(C)C. The van der Waals surface area contributed by atoms with Crippen molar-refractivity contribution in [2.75, 3.05) is 31.6 Å². The Balaban J connectivity index is 1.68. The van der Waals surface area contributed by atoms with E-state index in [0.717, 1.165) is 44.6 Å². The highest BCUT2D eigenvalue weighted by Crippen LogP contribution is 2.39. The van der Waals surface area contributed by atoms with Crippen molar-refractivity contribution in [2.45, 2.75) is 57.7 Å². The van der Waals surface area contributed by atoms with Gasteiger partial charge in [-0.1, -0.05) is 26.0 Å². The lowest BCUT2D eigenvalue weighted by Crippen LogP contribution is -2.58. The third-order valence-corrected chi connectivity index (χ3v) is 8.12. The molecule has 1 N–H and O–H groups in total. The lowest BCUT2D eigenvalue weighted by atomic mass is 9.73. The molecule has 0 radical (unpaired) electrons. The van der Waals surface area contributed by atoms with Gasteiger partial charge in [-0.3, -0.25) is 4.90 Å². The molecule has 1 aromatic heterocycles. The van der Waals surface area contributed by atoms with Gasteiger partial charge in [0.25, 0.3) is 0 Å². The normalized spacial score (nSPS) is 19.7. The van der Waals surface area contributed by atoms with Gasteiger partial charge in [0.15, 0.2) is 0 Å². The van der Waals surface area contributed by atoms with Crippen molar-refractivity contribution < 1.29 is 0 Å². The molecule has 0 aliphatic carbocycles. The van der Waals surface area contributed by atoms with Gasteiger partial charge in [-0.15, -0.1) is 11.3 Å². The van der Waals surface area contributed by atoms with Crippen molar-refractivity contribution in [1.29, 1.82) is 10.5 Å². The Morgan fingerprint density at radius 2 is 2.06 bits per heavy atom. The third-order valence-electron chi connectivity index (χ3n) is 7.07. The van der Waals surface area contributed by atoms with Crippen LogP contribution in [0.5, 0.6) is 0 Å². The molecule has 1 fully saturated rings. The standard InChI is InChI=1S/C26H35N5S/c1-20(2)26(19-28,25-11-7-15-32-25)12-6-10-24-18-29-13-14-31(24)21(3)30(4)23-9-5-8-22(16-23)17-27/h5,7-9,11,15-16,20-21,24,29H,6,10,12-14,18H2,1-4H3. The van der Waals surface area contributed by atoms with Crippen molar-refractivity contribution in [3.8, 4) is 12.1 Å². The summed E-state index contributed by atoms with van der Waals surface area (Å²) < 4.78 is 0. The van der Waals surface area contributed by atoms with Crippen LogP contribution < -0.4 is 10.2 Å². The topological polar surface area (TPSA) is 66.1 Å². The Kier molecular flexibility index (Phi) is 8.32. The molecule has 1 aliphatic rings. The molecular weight excluding hydrogens is 414 g/mol. The van der Waals surface area contributed by atoms with Gasteiger partial charge in [0.2, 0.25) is 0 Å². The molecule has 2 heterocycles. The third kappa shape index (κ3) is 5.15. The number of hydrogen-bond acceptors (Lipinski definition) is 6. The van der Waals surface area contributed by atoms with Crippen molar-refractivity contribution in [2.24, 2.45) is 5.92 Å². The predicted octanol–water partition coefficient (Wildman–Crippen LogP) is 4.96. The number of hydrogen-bond donors (Lipinski definition) is 1. The van der Waals surface area contributed by atoms with E-state index in [0.29, 0.717) is 11.6 Å². The number of benzene rings is 1. The van der Waals surface area contributed by atoms with Crippen LogP contribution in [0, 0.1) is 28.6 Å². The van der Waals surface area contributed by atoms with E-state index < -0.39 is 5.41 Å². The summed E-state index contributed by atoms with van der Waals surface area (Å²) in [4.78, 5) is 6.03. The number of piperazine rings is 1. The monoisotopic (exact) mass is 449 g/mol. The molecule has 0 amide bonds. The maximum atomic E-state index is 10.1. The van der Waals surface area contributed by atoms with E-state index in [1.807, 2.05) is 18.2 Å². The highest BCUT2D eigenvalue weighted by molar-refractivity contribution is 7.10. The maximum Gasteiger partial charge on any atom is 0.0992 e. The van der Waals surface area contributed by atoms with Crippen LogP contribution in [0.2, 0.25) is 0 Å². The predicted molar refractivity (Wildman–Crippen MR) is 133 cm³/mol. The van der Waals surface area contributed by atoms with Crippen LogP contribution in [0.25, 0.3) is 0 Å². The molecule has 0 bridgehead atoms. The molecule has 1 saturated heterocycles. The Morgan fingerprint density at radius 1 is 1.25 bits per heavy atom. The van der Waals surface area contributed by atoms with Gasteiger partial charge in [0.1, 0.15) is 0 Å². The van der Waals surface area contributed by atoms with Crippen LogP contribution in [0.15, 0.2) is 41.8 Å². The molecule has 32 heavy (non-hydrogen) atoms. The summed E-state index contributed by atoms with van der Waals surface area (Å²) in [6.07, 6.45) is 3.19. The van der Waals surface area contributed by atoms with Crippen molar-refractivity contribution in [1.82, 2.24) is 10.2 Å². The van der Waals surface area contributed by atoms with Gasteiger partial charge in [-0.05, 0) is 61.7 Å². The molecule has 170 valence electrons. The number of anilines is 1. The highest BCUT2D eigenvalue weighted by Gasteiger charge is 2.37. The smallest absolute Gasteiger partial charge is 0.0992 e. The van der Waals surface area contributed by atoms with Crippen LogP contribution in [0.4, 0.5) is 5.69 Å². The molecule has 3 rings (SSSR count). The van der Waals surface area contributed by atoms with Gasteiger partial charge in [0.05, 0.1) is 29.3 Å². The van der Waals surface area contributed by atoms with E-state index in [1.165, 1.54) is 4.88 Å². The van der Waals surface area contributed by atoms with Crippen molar-refractivity contribution in [3.05, 3.63) is 52.2 Å².